The van der Waals surface area contributed by atoms with Gasteiger partial charge in [0.25, 0.3) is 5.16 Å². The van der Waals surface area contributed by atoms with Gasteiger partial charge >= 0.3 is 0 Å². The highest BCUT2D eigenvalue weighted by molar-refractivity contribution is 7.98. The second-order valence-corrected chi connectivity index (χ2v) is 3.46. The number of aromatic amines is 2. The lowest BCUT2D eigenvalue weighted by molar-refractivity contribution is -0.404. The molecule has 0 amide bonds. The van der Waals surface area contributed by atoms with Crippen LogP contribution >= 0.6 is 23.4 Å². The largest absolute Gasteiger partial charge is 0.297 e. The first-order chi connectivity index (χ1) is 5.81. The van der Waals surface area contributed by atoms with Crippen LogP contribution in [-0.2, 0) is 0 Å². The van der Waals surface area contributed by atoms with E-state index in [0.717, 1.165) is 16.2 Å². The van der Waals surface area contributed by atoms with E-state index in [-0.39, 0.29) is 0 Å². The number of fused-ring (bicyclic) bond motifs is 1. The third-order valence-electron chi connectivity index (χ3n) is 1.59. The van der Waals surface area contributed by atoms with E-state index in [4.69, 9.17) is 11.6 Å². The summed E-state index contributed by atoms with van der Waals surface area (Å²) in [4.78, 5) is 10.3. The summed E-state index contributed by atoms with van der Waals surface area (Å²) in [6.07, 6.45) is 3.78. The van der Waals surface area contributed by atoms with Gasteiger partial charge in [-0.1, -0.05) is 16.7 Å². The Hall–Kier alpha value is -0.740. The van der Waals surface area contributed by atoms with Crippen LogP contribution in [0.1, 0.15) is 0 Å². The van der Waals surface area contributed by atoms with E-state index in [1.807, 2.05) is 18.5 Å². The van der Waals surface area contributed by atoms with Gasteiger partial charge in [0.2, 0.25) is 10.8 Å². The van der Waals surface area contributed by atoms with Gasteiger partial charge in [0.1, 0.15) is 5.39 Å². The molecule has 0 aliphatic rings. The number of rotatable bonds is 1. The molecule has 0 saturated carbocycles. The van der Waals surface area contributed by atoms with Crippen molar-refractivity contribution < 1.29 is 4.98 Å². The second kappa shape index (κ2) is 2.95. The van der Waals surface area contributed by atoms with Crippen LogP contribution in [0.4, 0.5) is 0 Å². The quantitative estimate of drug-likeness (QED) is 0.433. The second-order valence-electron chi connectivity index (χ2n) is 2.30. The van der Waals surface area contributed by atoms with E-state index in [0.29, 0.717) is 5.15 Å². The van der Waals surface area contributed by atoms with Crippen molar-refractivity contribution in [3.05, 3.63) is 17.4 Å². The molecule has 0 saturated heterocycles. The number of aromatic nitrogens is 3. The highest BCUT2D eigenvalue weighted by Crippen LogP contribution is 2.18. The highest BCUT2D eigenvalue weighted by Gasteiger charge is 2.11. The fraction of sp³-hybridized carbons (Fsp3) is 0.143. The van der Waals surface area contributed by atoms with Crippen LogP contribution in [0.3, 0.4) is 0 Å². The molecule has 12 heavy (non-hydrogen) atoms. The molecule has 0 bridgehead atoms. The summed E-state index contributed by atoms with van der Waals surface area (Å²) in [5, 5.41) is 2.28. The van der Waals surface area contributed by atoms with Crippen LogP contribution in [0.5, 0.6) is 0 Å². The molecule has 0 fully saturated rings. The molecule has 0 spiro atoms. The molecule has 2 rings (SSSR count). The van der Waals surface area contributed by atoms with Gasteiger partial charge < -0.3 is 0 Å². The third kappa shape index (κ3) is 1.17. The van der Waals surface area contributed by atoms with Crippen molar-refractivity contribution in [3.63, 3.8) is 0 Å². The van der Waals surface area contributed by atoms with Crippen molar-refractivity contribution in [1.29, 1.82) is 0 Å². The van der Waals surface area contributed by atoms with E-state index in [1.165, 1.54) is 11.8 Å². The lowest BCUT2D eigenvalue weighted by atomic mass is 10.4. The van der Waals surface area contributed by atoms with Gasteiger partial charge in [-0.3, -0.25) is 4.98 Å². The minimum absolute atomic E-state index is 0.536. The molecule has 2 heterocycles. The summed E-state index contributed by atoms with van der Waals surface area (Å²) in [5.41, 5.74) is 0.916. The minimum atomic E-state index is 0.536. The topological polar surface area (TPSA) is 42.8 Å². The lowest BCUT2D eigenvalue weighted by Crippen LogP contribution is -2.09. The number of nitrogens with zero attached hydrogens (tertiary/aromatic N) is 1. The Balaban J connectivity index is 2.75. The number of thioether (sulfide) groups is 1. The van der Waals surface area contributed by atoms with E-state index in [1.54, 1.807) is 0 Å². The summed E-state index contributed by atoms with van der Waals surface area (Å²) >= 11 is 7.45. The lowest BCUT2D eigenvalue weighted by Gasteiger charge is -1.89. The SMILES string of the molecule is CSc1nc(Cl)c2cc[nH]c2[nH+]1. The maximum absolute atomic E-state index is 5.92. The van der Waals surface area contributed by atoms with Crippen molar-refractivity contribution in [2.75, 3.05) is 6.26 Å². The molecule has 2 aromatic rings. The van der Waals surface area contributed by atoms with Crippen LogP contribution < -0.4 is 4.98 Å². The molecule has 0 atom stereocenters. The first-order valence-corrected chi connectivity index (χ1v) is 5.01. The van der Waals surface area contributed by atoms with E-state index in [2.05, 4.69) is 15.0 Å². The van der Waals surface area contributed by atoms with Gasteiger partial charge in [-0.05, 0) is 23.9 Å². The van der Waals surface area contributed by atoms with Crippen LogP contribution in [0, 0.1) is 0 Å². The van der Waals surface area contributed by atoms with Crippen molar-refractivity contribution >= 4 is 34.4 Å². The van der Waals surface area contributed by atoms with Gasteiger partial charge in [0, 0.05) is 0 Å². The van der Waals surface area contributed by atoms with E-state index >= 15 is 0 Å². The predicted molar refractivity (Wildman–Crippen MR) is 49.4 cm³/mol. The predicted octanol–water partition coefficient (Wildman–Crippen LogP) is 1.75. The Morgan fingerprint density at radius 3 is 3.25 bits per heavy atom. The number of halogens is 1. The Labute approximate surface area is 78.6 Å². The van der Waals surface area contributed by atoms with Gasteiger partial charge in [-0.25, -0.2) is 4.98 Å². The Morgan fingerprint density at radius 1 is 1.67 bits per heavy atom. The molecule has 0 aromatic carbocycles. The average molecular weight is 201 g/mol. The zero-order chi connectivity index (χ0) is 8.55. The average Bonchev–Trinajstić information content (AvgIpc) is 2.52. The van der Waals surface area contributed by atoms with Crippen molar-refractivity contribution in [1.82, 2.24) is 9.97 Å². The van der Waals surface area contributed by atoms with E-state index < -0.39 is 0 Å². The molecule has 62 valence electrons. The summed E-state index contributed by atoms with van der Waals surface area (Å²) < 4.78 is 0. The molecule has 0 aliphatic carbocycles. The van der Waals surface area contributed by atoms with Crippen LogP contribution in [0.15, 0.2) is 17.4 Å². The normalized spacial score (nSPS) is 10.8. The number of hydrogen-bond donors (Lipinski definition) is 1. The third-order valence-corrected chi connectivity index (χ3v) is 2.46. The van der Waals surface area contributed by atoms with Gasteiger partial charge in [0.15, 0.2) is 0 Å². The first-order valence-electron chi connectivity index (χ1n) is 3.41. The number of nitrogens with one attached hydrogen (secondary N) is 2. The zero-order valence-corrected chi connectivity index (χ0v) is 7.96. The van der Waals surface area contributed by atoms with Crippen molar-refractivity contribution in [3.8, 4) is 0 Å². The molecule has 0 unspecified atom stereocenters. The van der Waals surface area contributed by atoms with Gasteiger partial charge in [0.05, 0.1) is 6.20 Å². The Morgan fingerprint density at radius 2 is 2.50 bits per heavy atom. The molecule has 3 nitrogen and oxygen atoms in total. The maximum Gasteiger partial charge on any atom is 0.297 e. The molecule has 0 radical (unpaired) electrons. The summed E-state index contributed by atoms with van der Waals surface area (Å²) in [5.74, 6) is 0. The monoisotopic (exact) mass is 200 g/mol. The van der Waals surface area contributed by atoms with Gasteiger partial charge in [-0.15, -0.1) is 0 Å². The zero-order valence-electron chi connectivity index (χ0n) is 6.39. The Kier molecular flexibility index (Phi) is 1.94. The molecule has 2 aromatic heterocycles. The maximum atomic E-state index is 5.92. The van der Waals surface area contributed by atoms with Gasteiger partial charge in [-0.2, -0.15) is 0 Å². The molecule has 5 heteroatoms. The fourth-order valence-electron chi connectivity index (χ4n) is 1.03. The molecular weight excluding hydrogens is 194 g/mol. The van der Waals surface area contributed by atoms with Crippen LogP contribution in [-0.4, -0.2) is 16.2 Å². The summed E-state index contributed by atoms with van der Waals surface area (Å²) in [6, 6.07) is 1.89. The smallest absolute Gasteiger partial charge is 0.279 e. The molecular formula is C7H7ClN3S+. The van der Waals surface area contributed by atoms with Crippen LogP contribution in [0.25, 0.3) is 11.0 Å². The van der Waals surface area contributed by atoms with Crippen LogP contribution in [0.2, 0.25) is 5.15 Å². The fourth-order valence-corrected chi connectivity index (χ4v) is 1.70. The summed E-state index contributed by atoms with van der Waals surface area (Å²) in [6.45, 7) is 0. The minimum Gasteiger partial charge on any atom is -0.279 e. The molecule has 2 N–H and O–H groups in total. The first kappa shape index (κ1) is 7.89. The number of hydrogen-bond acceptors (Lipinski definition) is 2. The standard InChI is InChI=1S/C7H6ClN3S/c1-12-7-10-5(8)4-2-3-9-6(4)11-7/h2-3H,1H3,(H,9,10,11)/p+1. The highest BCUT2D eigenvalue weighted by atomic mass is 35.5. The summed E-state index contributed by atoms with van der Waals surface area (Å²) in [7, 11) is 0. The number of H-pyrrole nitrogens is 2. The van der Waals surface area contributed by atoms with Crippen molar-refractivity contribution in [2.45, 2.75) is 5.16 Å². The molecule has 0 aliphatic heterocycles. The Bertz CT molecular complexity index is 412. The van der Waals surface area contributed by atoms with E-state index in [9.17, 15) is 0 Å². The van der Waals surface area contributed by atoms with Crippen molar-refractivity contribution in [2.24, 2.45) is 0 Å².